The molecule has 7 heteroatoms. The Morgan fingerprint density at radius 3 is 2.74 bits per heavy atom. The molecule has 1 atom stereocenters. The van der Waals surface area contributed by atoms with E-state index in [9.17, 15) is 8.42 Å². The highest BCUT2D eigenvalue weighted by molar-refractivity contribution is 7.89. The van der Waals surface area contributed by atoms with Crippen LogP contribution in [0.3, 0.4) is 0 Å². The summed E-state index contributed by atoms with van der Waals surface area (Å²) in [6, 6.07) is 14.7. The predicted molar refractivity (Wildman–Crippen MR) is 103 cm³/mol. The molecule has 0 bridgehead atoms. The Morgan fingerprint density at radius 1 is 1.11 bits per heavy atom. The molecule has 0 amide bonds. The van der Waals surface area contributed by atoms with Crippen molar-refractivity contribution in [1.29, 1.82) is 0 Å². The van der Waals surface area contributed by atoms with Crippen LogP contribution in [-0.4, -0.2) is 41.9 Å². The number of hydrogen-bond acceptors (Lipinski definition) is 5. The first kappa shape index (κ1) is 17.9. The summed E-state index contributed by atoms with van der Waals surface area (Å²) >= 11 is 0. The lowest BCUT2D eigenvalue weighted by molar-refractivity contribution is 0.124. The van der Waals surface area contributed by atoms with Crippen molar-refractivity contribution < 1.29 is 13.2 Å². The second-order valence-corrected chi connectivity index (χ2v) is 8.63. The van der Waals surface area contributed by atoms with Crippen LogP contribution < -0.4 is 4.74 Å². The molecule has 1 unspecified atom stereocenters. The molecule has 2 heterocycles. The van der Waals surface area contributed by atoms with Crippen LogP contribution >= 0.6 is 0 Å². The van der Waals surface area contributed by atoms with E-state index in [2.05, 4.69) is 9.97 Å². The highest BCUT2D eigenvalue weighted by Gasteiger charge is 2.31. The standard InChI is InChI=1S/C20H21N3O3S/c1-15-21-11-10-20(22-15)26-18-7-4-12-23(14-18)27(24,25)19-9-8-16-5-2-3-6-17(16)13-19/h2-3,5-6,8-11,13,18H,4,7,12,14H2,1H3. The van der Waals surface area contributed by atoms with E-state index >= 15 is 0 Å². The van der Waals surface area contributed by atoms with E-state index in [1.54, 1.807) is 31.3 Å². The number of rotatable bonds is 4. The Kier molecular flexibility index (Phi) is 4.80. The molecule has 1 saturated heterocycles. The third kappa shape index (κ3) is 3.79. The second-order valence-electron chi connectivity index (χ2n) is 6.70. The third-order valence-corrected chi connectivity index (χ3v) is 6.60. The fourth-order valence-electron chi connectivity index (χ4n) is 3.37. The zero-order valence-corrected chi connectivity index (χ0v) is 15.9. The van der Waals surface area contributed by atoms with Gasteiger partial charge in [0.25, 0.3) is 0 Å². The van der Waals surface area contributed by atoms with Gasteiger partial charge in [0.2, 0.25) is 15.9 Å². The van der Waals surface area contributed by atoms with E-state index < -0.39 is 10.0 Å². The van der Waals surface area contributed by atoms with Gasteiger partial charge in [-0.2, -0.15) is 9.29 Å². The molecule has 1 aromatic heterocycles. The van der Waals surface area contributed by atoms with Crippen LogP contribution in [0.15, 0.2) is 59.6 Å². The maximum absolute atomic E-state index is 13.1. The van der Waals surface area contributed by atoms with Crippen molar-refractivity contribution in [2.45, 2.75) is 30.8 Å². The lowest BCUT2D eigenvalue weighted by Crippen LogP contribution is -2.44. The number of fused-ring (bicyclic) bond motifs is 1. The third-order valence-electron chi connectivity index (χ3n) is 4.74. The molecule has 0 N–H and O–H groups in total. The Hall–Kier alpha value is -2.51. The van der Waals surface area contributed by atoms with Gasteiger partial charge in [-0.25, -0.2) is 13.4 Å². The second kappa shape index (κ2) is 7.25. The number of benzene rings is 2. The summed E-state index contributed by atoms with van der Waals surface area (Å²) in [4.78, 5) is 8.62. The minimum Gasteiger partial charge on any atom is -0.473 e. The molecule has 1 aliphatic heterocycles. The summed E-state index contributed by atoms with van der Waals surface area (Å²) in [7, 11) is -3.57. The lowest BCUT2D eigenvalue weighted by Gasteiger charge is -2.31. The summed E-state index contributed by atoms with van der Waals surface area (Å²) in [6.45, 7) is 2.61. The van der Waals surface area contributed by atoms with Crippen LogP contribution in [0.1, 0.15) is 18.7 Å². The van der Waals surface area contributed by atoms with E-state index in [1.165, 1.54) is 4.31 Å². The zero-order valence-electron chi connectivity index (χ0n) is 15.1. The average molecular weight is 383 g/mol. The molecule has 4 rings (SSSR count). The zero-order chi connectivity index (χ0) is 18.9. The summed E-state index contributed by atoms with van der Waals surface area (Å²) in [6.07, 6.45) is 2.97. The van der Waals surface area contributed by atoms with E-state index in [1.807, 2.05) is 30.3 Å². The molecule has 1 aliphatic rings. The van der Waals surface area contributed by atoms with Gasteiger partial charge < -0.3 is 4.74 Å². The quantitative estimate of drug-likeness (QED) is 0.692. The molecule has 0 spiro atoms. The molecule has 140 valence electrons. The fourth-order valence-corrected chi connectivity index (χ4v) is 4.91. The van der Waals surface area contributed by atoms with Gasteiger partial charge in [-0.1, -0.05) is 30.3 Å². The van der Waals surface area contributed by atoms with Gasteiger partial charge in [0.15, 0.2) is 0 Å². The van der Waals surface area contributed by atoms with Crippen molar-refractivity contribution in [2.24, 2.45) is 0 Å². The highest BCUT2D eigenvalue weighted by Crippen LogP contribution is 2.25. The summed E-state index contributed by atoms with van der Waals surface area (Å²) < 4.78 is 33.7. The van der Waals surface area contributed by atoms with Crippen molar-refractivity contribution in [2.75, 3.05) is 13.1 Å². The van der Waals surface area contributed by atoms with Crippen LogP contribution in [0.5, 0.6) is 5.88 Å². The largest absolute Gasteiger partial charge is 0.473 e. The summed E-state index contributed by atoms with van der Waals surface area (Å²) in [5.74, 6) is 1.11. The van der Waals surface area contributed by atoms with Gasteiger partial charge in [-0.15, -0.1) is 0 Å². The minimum atomic E-state index is -3.57. The number of aryl methyl sites for hydroxylation is 1. The number of hydrogen-bond donors (Lipinski definition) is 0. The van der Waals surface area contributed by atoms with E-state index in [0.717, 1.165) is 23.6 Å². The Morgan fingerprint density at radius 2 is 1.93 bits per heavy atom. The van der Waals surface area contributed by atoms with Gasteiger partial charge >= 0.3 is 0 Å². The van der Waals surface area contributed by atoms with Crippen molar-refractivity contribution >= 4 is 20.8 Å². The molecule has 3 aromatic rings. The minimum absolute atomic E-state index is 0.219. The molecule has 27 heavy (non-hydrogen) atoms. The highest BCUT2D eigenvalue weighted by atomic mass is 32.2. The Bertz CT molecular complexity index is 1070. The van der Waals surface area contributed by atoms with E-state index in [4.69, 9.17) is 4.74 Å². The van der Waals surface area contributed by atoms with E-state index in [-0.39, 0.29) is 6.10 Å². The molecule has 6 nitrogen and oxygen atoms in total. The number of ether oxygens (including phenoxy) is 1. The molecular formula is C20H21N3O3S. The first-order valence-corrected chi connectivity index (χ1v) is 10.4. The molecule has 0 saturated carbocycles. The number of sulfonamides is 1. The monoisotopic (exact) mass is 383 g/mol. The van der Waals surface area contributed by atoms with Gasteiger partial charge in [0.1, 0.15) is 11.9 Å². The maximum atomic E-state index is 13.1. The van der Waals surface area contributed by atoms with Crippen molar-refractivity contribution in [3.05, 3.63) is 60.6 Å². The lowest BCUT2D eigenvalue weighted by atomic mass is 10.1. The van der Waals surface area contributed by atoms with Crippen LogP contribution in [0, 0.1) is 6.92 Å². The van der Waals surface area contributed by atoms with Crippen LogP contribution in [-0.2, 0) is 10.0 Å². The van der Waals surface area contributed by atoms with Crippen molar-refractivity contribution in [3.63, 3.8) is 0 Å². The molecule has 0 aliphatic carbocycles. The first-order chi connectivity index (χ1) is 13.0. The number of nitrogens with zero attached hydrogens (tertiary/aromatic N) is 3. The van der Waals surface area contributed by atoms with Gasteiger partial charge in [0, 0.05) is 18.8 Å². The average Bonchev–Trinajstić information content (AvgIpc) is 2.68. The van der Waals surface area contributed by atoms with Gasteiger partial charge in [-0.05, 0) is 42.7 Å². The van der Waals surface area contributed by atoms with Crippen molar-refractivity contribution in [1.82, 2.24) is 14.3 Å². The maximum Gasteiger partial charge on any atom is 0.243 e. The van der Waals surface area contributed by atoms with Crippen LogP contribution in [0.25, 0.3) is 10.8 Å². The van der Waals surface area contributed by atoms with E-state index in [0.29, 0.717) is 29.7 Å². The number of piperidine rings is 1. The Labute approximate surface area is 158 Å². The molecule has 1 fully saturated rings. The first-order valence-electron chi connectivity index (χ1n) is 8.98. The van der Waals surface area contributed by atoms with Crippen LogP contribution in [0.2, 0.25) is 0 Å². The molecule has 0 radical (unpaired) electrons. The predicted octanol–water partition coefficient (Wildman–Crippen LogP) is 3.17. The summed E-state index contributed by atoms with van der Waals surface area (Å²) in [5.41, 5.74) is 0. The van der Waals surface area contributed by atoms with Gasteiger partial charge in [0.05, 0.1) is 11.4 Å². The molecule has 2 aromatic carbocycles. The smallest absolute Gasteiger partial charge is 0.243 e. The normalized spacial score (nSPS) is 18.5. The van der Waals surface area contributed by atoms with Crippen molar-refractivity contribution in [3.8, 4) is 5.88 Å². The molecular weight excluding hydrogens is 362 g/mol. The topological polar surface area (TPSA) is 72.4 Å². The van der Waals surface area contributed by atoms with Crippen LogP contribution in [0.4, 0.5) is 0 Å². The SMILES string of the molecule is Cc1nccc(OC2CCCN(S(=O)(=O)c3ccc4ccccc4c3)C2)n1. The fraction of sp³-hybridized carbons (Fsp3) is 0.300. The Balaban J connectivity index is 1.55. The number of aromatic nitrogens is 2. The van der Waals surface area contributed by atoms with Gasteiger partial charge in [-0.3, -0.25) is 0 Å². The summed E-state index contributed by atoms with van der Waals surface area (Å²) in [5, 5.41) is 1.94.